The highest BCUT2D eigenvalue weighted by Gasteiger charge is 2.31. The number of carbonyl (C=O) groups excluding carboxylic acids is 1. The molecule has 0 aliphatic heterocycles. The number of rotatable bonds is 1. The van der Waals surface area contributed by atoms with Crippen molar-refractivity contribution in [2.24, 2.45) is 5.41 Å². The Morgan fingerprint density at radius 3 is 2.67 bits per heavy atom. The minimum absolute atomic E-state index is 0.0197. The molecule has 0 spiro atoms. The fraction of sp³-hybridized carbons (Fsp3) is 0.900. The van der Waals surface area contributed by atoms with Gasteiger partial charge in [0, 0.05) is 11.8 Å². The average molecular weight is 170 g/mol. The van der Waals surface area contributed by atoms with E-state index in [1.54, 1.807) is 0 Å². The maximum Gasteiger partial charge on any atom is 0.141 e. The molecular formula is C10H18O2. The van der Waals surface area contributed by atoms with Gasteiger partial charge in [0.25, 0.3) is 0 Å². The van der Waals surface area contributed by atoms with E-state index < -0.39 is 5.41 Å². The van der Waals surface area contributed by atoms with Gasteiger partial charge >= 0.3 is 0 Å². The Labute approximate surface area is 74.0 Å². The highest BCUT2D eigenvalue weighted by molar-refractivity contribution is 5.84. The molecule has 0 saturated heterocycles. The third kappa shape index (κ3) is 2.07. The summed E-state index contributed by atoms with van der Waals surface area (Å²) in [5, 5.41) is 9.12. The van der Waals surface area contributed by atoms with E-state index in [0.29, 0.717) is 6.42 Å². The van der Waals surface area contributed by atoms with Crippen molar-refractivity contribution in [3.63, 3.8) is 0 Å². The number of carbonyl (C=O) groups is 1. The van der Waals surface area contributed by atoms with Crippen LogP contribution in [-0.2, 0) is 4.79 Å². The normalized spacial score (nSPS) is 32.7. The zero-order valence-electron chi connectivity index (χ0n) is 7.81. The van der Waals surface area contributed by atoms with Crippen molar-refractivity contribution in [3.05, 3.63) is 0 Å². The van der Waals surface area contributed by atoms with Crippen molar-refractivity contribution in [2.75, 3.05) is 6.61 Å². The van der Waals surface area contributed by atoms with Crippen molar-refractivity contribution in [1.29, 1.82) is 0 Å². The monoisotopic (exact) mass is 170 g/mol. The average Bonchev–Trinajstić information content (AvgIpc) is 2.07. The molecule has 0 amide bonds. The summed E-state index contributed by atoms with van der Waals surface area (Å²) in [7, 11) is 0. The van der Waals surface area contributed by atoms with Crippen LogP contribution < -0.4 is 0 Å². The summed E-state index contributed by atoms with van der Waals surface area (Å²) in [4.78, 5) is 11.6. The topological polar surface area (TPSA) is 37.3 Å². The molecule has 0 aromatic carbocycles. The van der Waals surface area contributed by atoms with E-state index >= 15 is 0 Å². The van der Waals surface area contributed by atoms with Gasteiger partial charge in [0.1, 0.15) is 5.78 Å². The van der Waals surface area contributed by atoms with Crippen LogP contribution in [0.1, 0.15) is 45.4 Å². The number of hydrogen-bond donors (Lipinski definition) is 1. The van der Waals surface area contributed by atoms with Gasteiger partial charge in [-0.25, -0.2) is 0 Å². The summed E-state index contributed by atoms with van der Waals surface area (Å²) in [6.45, 7) is 1.91. The van der Waals surface area contributed by atoms with Gasteiger partial charge in [-0.2, -0.15) is 0 Å². The highest BCUT2D eigenvalue weighted by atomic mass is 16.3. The molecule has 12 heavy (non-hydrogen) atoms. The lowest BCUT2D eigenvalue weighted by molar-refractivity contribution is -0.131. The predicted molar refractivity (Wildman–Crippen MR) is 47.9 cm³/mol. The Balaban J connectivity index is 2.60. The third-order valence-electron chi connectivity index (χ3n) is 2.90. The van der Waals surface area contributed by atoms with Crippen LogP contribution in [0.25, 0.3) is 0 Å². The number of hydrogen-bond acceptors (Lipinski definition) is 2. The largest absolute Gasteiger partial charge is 0.395 e. The zero-order valence-corrected chi connectivity index (χ0v) is 7.81. The summed E-state index contributed by atoms with van der Waals surface area (Å²) in [6, 6.07) is 0. The first-order chi connectivity index (χ1) is 5.69. The van der Waals surface area contributed by atoms with Gasteiger partial charge < -0.3 is 5.11 Å². The van der Waals surface area contributed by atoms with E-state index in [2.05, 4.69) is 0 Å². The Hall–Kier alpha value is -0.370. The molecule has 70 valence electrons. The second-order valence-corrected chi connectivity index (χ2v) is 4.06. The molecule has 0 unspecified atom stereocenters. The van der Waals surface area contributed by atoms with E-state index in [4.69, 9.17) is 5.11 Å². The summed E-state index contributed by atoms with van der Waals surface area (Å²) < 4.78 is 0. The minimum Gasteiger partial charge on any atom is -0.395 e. The fourth-order valence-corrected chi connectivity index (χ4v) is 1.76. The van der Waals surface area contributed by atoms with Crippen molar-refractivity contribution >= 4 is 5.78 Å². The van der Waals surface area contributed by atoms with Crippen LogP contribution in [0.5, 0.6) is 0 Å². The summed E-state index contributed by atoms with van der Waals surface area (Å²) >= 11 is 0. The van der Waals surface area contributed by atoms with Gasteiger partial charge in [-0.3, -0.25) is 4.79 Å². The van der Waals surface area contributed by atoms with Gasteiger partial charge in [-0.05, 0) is 12.8 Å². The van der Waals surface area contributed by atoms with Crippen LogP contribution in [0.4, 0.5) is 0 Å². The molecule has 2 nitrogen and oxygen atoms in total. The van der Waals surface area contributed by atoms with Crippen LogP contribution in [0, 0.1) is 5.41 Å². The molecule has 0 radical (unpaired) electrons. The van der Waals surface area contributed by atoms with Gasteiger partial charge in [0.15, 0.2) is 0 Å². The SMILES string of the molecule is C[C@@]1(CO)CCCCCCC1=O. The lowest BCUT2D eigenvalue weighted by Crippen LogP contribution is -2.32. The van der Waals surface area contributed by atoms with Crippen LogP contribution >= 0.6 is 0 Å². The standard InChI is InChI=1S/C10H18O2/c1-10(8-11)7-5-3-2-4-6-9(10)12/h11H,2-8H2,1H3/t10-/m0/s1. The molecule has 1 fully saturated rings. The van der Waals surface area contributed by atoms with E-state index in [1.165, 1.54) is 12.8 Å². The van der Waals surface area contributed by atoms with Crippen LogP contribution in [0.3, 0.4) is 0 Å². The fourth-order valence-electron chi connectivity index (χ4n) is 1.76. The molecule has 0 bridgehead atoms. The summed E-state index contributed by atoms with van der Waals surface area (Å²) in [6.07, 6.45) is 6.01. The van der Waals surface area contributed by atoms with Crippen LogP contribution in [-0.4, -0.2) is 17.5 Å². The van der Waals surface area contributed by atoms with Crippen molar-refractivity contribution in [3.8, 4) is 0 Å². The predicted octanol–water partition coefficient (Wildman–Crippen LogP) is 1.91. The number of aliphatic hydroxyl groups excluding tert-OH is 1. The molecule has 0 heterocycles. The second kappa shape index (κ2) is 4.04. The van der Waals surface area contributed by atoms with E-state index in [9.17, 15) is 4.79 Å². The van der Waals surface area contributed by atoms with E-state index in [1.807, 2.05) is 6.92 Å². The minimum atomic E-state index is -0.430. The molecule has 0 aromatic heterocycles. The molecule has 2 heteroatoms. The van der Waals surface area contributed by atoms with Crippen molar-refractivity contribution in [1.82, 2.24) is 0 Å². The number of ketones is 1. The smallest absolute Gasteiger partial charge is 0.141 e. The molecule has 1 N–H and O–H groups in total. The molecule has 1 atom stereocenters. The molecule has 0 aromatic rings. The number of Topliss-reactive ketones (excluding diaryl/α,β-unsaturated/α-hetero) is 1. The Morgan fingerprint density at radius 1 is 1.33 bits per heavy atom. The number of aliphatic hydroxyl groups is 1. The Bertz CT molecular complexity index is 165. The van der Waals surface area contributed by atoms with Crippen molar-refractivity contribution in [2.45, 2.75) is 45.4 Å². The molecule has 1 rings (SSSR count). The Morgan fingerprint density at radius 2 is 2.00 bits per heavy atom. The second-order valence-electron chi connectivity index (χ2n) is 4.06. The molecule has 1 aliphatic rings. The van der Waals surface area contributed by atoms with Crippen LogP contribution in [0.15, 0.2) is 0 Å². The zero-order chi connectivity index (χ0) is 9.03. The lowest BCUT2D eigenvalue weighted by Gasteiger charge is -2.27. The molecule has 1 aliphatic carbocycles. The van der Waals surface area contributed by atoms with Gasteiger partial charge in [0.2, 0.25) is 0 Å². The quantitative estimate of drug-likeness (QED) is 0.652. The van der Waals surface area contributed by atoms with Gasteiger partial charge in [-0.15, -0.1) is 0 Å². The van der Waals surface area contributed by atoms with Crippen LogP contribution in [0.2, 0.25) is 0 Å². The summed E-state index contributed by atoms with van der Waals surface area (Å²) in [5.41, 5.74) is -0.430. The van der Waals surface area contributed by atoms with E-state index in [0.717, 1.165) is 19.3 Å². The van der Waals surface area contributed by atoms with Gasteiger partial charge in [-0.1, -0.05) is 26.2 Å². The first-order valence-corrected chi connectivity index (χ1v) is 4.83. The van der Waals surface area contributed by atoms with Gasteiger partial charge in [0.05, 0.1) is 6.61 Å². The van der Waals surface area contributed by atoms with E-state index in [-0.39, 0.29) is 12.4 Å². The third-order valence-corrected chi connectivity index (χ3v) is 2.90. The highest BCUT2D eigenvalue weighted by Crippen LogP contribution is 2.29. The Kier molecular flexibility index (Phi) is 3.27. The maximum atomic E-state index is 11.6. The lowest BCUT2D eigenvalue weighted by atomic mass is 9.77. The maximum absolute atomic E-state index is 11.6. The molecular weight excluding hydrogens is 152 g/mol. The molecule has 1 saturated carbocycles. The summed E-state index contributed by atoms with van der Waals surface area (Å²) in [5.74, 6) is 0.254. The first kappa shape index (κ1) is 9.72. The van der Waals surface area contributed by atoms with Crippen molar-refractivity contribution < 1.29 is 9.90 Å². The first-order valence-electron chi connectivity index (χ1n) is 4.83.